The van der Waals surface area contributed by atoms with Crippen molar-refractivity contribution in [1.29, 1.82) is 0 Å². The second-order valence-corrected chi connectivity index (χ2v) is 7.58. The zero-order valence-electron chi connectivity index (χ0n) is 17.2. The number of nitrogens with zero attached hydrogens (tertiary/aromatic N) is 1. The molecule has 30 heavy (non-hydrogen) atoms. The number of imidazole rings is 1. The number of amides is 2. The number of nitrogens with one attached hydrogen (secondary N) is 3. The number of carbonyl (C=O) groups is 2. The molecule has 0 radical (unpaired) electrons. The molecule has 3 N–H and O–H groups in total. The Bertz CT molecular complexity index is 1020. The van der Waals surface area contributed by atoms with Crippen LogP contribution in [0.5, 0.6) is 5.75 Å². The molecule has 0 bridgehead atoms. The monoisotopic (exact) mass is 428 g/mol. The molecule has 0 fully saturated rings. The fourth-order valence-electron chi connectivity index (χ4n) is 3.14. The van der Waals surface area contributed by atoms with Crippen molar-refractivity contribution in [2.45, 2.75) is 32.7 Å². The van der Waals surface area contributed by atoms with Crippen LogP contribution in [0.4, 0.5) is 5.95 Å². The van der Waals surface area contributed by atoms with E-state index in [0.717, 1.165) is 23.0 Å². The van der Waals surface area contributed by atoms with E-state index in [0.29, 0.717) is 16.7 Å². The standard InChI is InChI=1S/C22H25ClN4O3/c1-4-13(2)20(21(29)27-22-24-16-7-5-6-8-17(16)25-22)26-19(28)12-14-9-10-18(30-3)15(23)11-14/h5-11,13,20H,4,12H2,1-3H3,(H,26,28)(H2,24,25,27,29)/t13-,20-/m1/s1. The average Bonchev–Trinajstić information content (AvgIpc) is 3.13. The van der Waals surface area contributed by atoms with Gasteiger partial charge in [0.05, 0.1) is 29.6 Å². The Morgan fingerprint density at radius 2 is 2.00 bits per heavy atom. The summed E-state index contributed by atoms with van der Waals surface area (Å²) in [5.41, 5.74) is 2.32. The number of hydrogen-bond donors (Lipinski definition) is 3. The smallest absolute Gasteiger partial charge is 0.249 e. The van der Waals surface area contributed by atoms with E-state index in [1.807, 2.05) is 38.1 Å². The highest BCUT2D eigenvalue weighted by Crippen LogP contribution is 2.25. The van der Waals surface area contributed by atoms with Crippen molar-refractivity contribution >= 4 is 40.4 Å². The minimum Gasteiger partial charge on any atom is -0.495 e. The predicted octanol–water partition coefficient (Wildman–Crippen LogP) is 3.94. The number of aromatic nitrogens is 2. The first-order chi connectivity index (χ1) is 14.4. The Labute approximate surface area is 180 Å². The lowest BCUT2D eigenvalue weighted by atomic mass is 9.98. The van der Waals surface area contributed by atoms with Gasteiger partial charge in [0.1, 0.15) is 11.8 Å². The number of fused-ring (bicyclic) bond motifs is 1. The fraction of sp³-hybridized carbons (Fsp3) is 0.318. The zero-order valence-corrected chi connectivity index (χ0v) is 17.9. The molecule has 2 atom stereocenters. The third-order valence-electron chi connectivity index (χ3n) is 5.02. The van der Waals surface area contributed by atoms with E-state index < -0.39 is 6.04 Å². The average molecular weight is 429 g/mol. The lowest BCUT2D eigenvalue weighted by Crippen LogP contribution is -2.48. The molecule has 3 rings (SSSR count). The molecular formula is C22H25ClN4O3. The minimum atomic E-state index is -0.690. The number of aromatic amines is 1. The van der Waals surface area contributed by atoms with Crippen LogP contribution >= 0.6 is 11.6 Å². The molecule has 1 aromatic heterocycles. The van der Waals surface area contributed by atoms with Gasteiger partial charge in [-0.3, -0.25) is 14.9 Å². The number of ether oxygens (including phenoxy) is 1. The van der Waals surface area contributed by atoms with Crippen LogP contribution in [0.15, 0.2) is 42.5 Å². The first-order valence-electron chi connectivity index (χ1n) is 9.78. The van der Waals surface area contributed by atoms with E-state index >= 15 is 0 Å². The van der Waals surface area contributed by atoms with Crippen molar-refractivity contribution in [2.75, 3.05) is 12.4 Å². The van der Waals surface area contributed by atoms with Crippen LogP contribution < -0.4 is 15.4 Å². The van der Waals surface area contributed by atoms with Crippen molar-refractivity contribution in [3.63, 3.8) is 0 Å². The van der Waals surface area contributed by atoms with Gasteiger partial charge in [-0.25, -0.2) is 4.98 Å². The molecule has 0 saturated heterocycles. The largest absolute Gasteiger partial charge is 0.495 e. The molecule has 1 heterocycles. The second kappa shape index (κ2) is 9.63. The number of methoxy groups -OCH3 is 1. The van der Waals surface area contributed by atoms with Crippen molar-refractivity contribution in [3.05, 3.63) is 53.1 Å². The summed E-state index contributed by atoms with van der Waals surface area (Å²) in [6, 6.07) is 12.0. The maximum Gasteiger partial charge on any atom is 0.249 e. The van der Waals surface area contributed by atoms with Crippen LogP contribution in [-0.4, -0.2) is 34.9 Å². The summed E-state index contributed by atoms with van der Waals surface area (Å²) in [6.45, 7) is 3.90. The molecule has 7 nitrogen and oxygen atoms in total. The quantitative estimate of drug-likeness (QED) is 0.506. The highest BCUT2D eigenvalue weighted by Gasteiger charge is 2.26. The summed E-state index contributed by atoms with van der Waals surface area (Å²) >= 11 is 6.13. The summed E-state index contributed by atoms with van der Waals surface area (Å²) < 4.78 is 5.13. The third-order valence-corrected chi connectivity index (χ3v) is 5.32. The first kappa shape index (κ1) is 21.6. The molecule has 158 valence electrons. The molecule has 0 spiro atoms. The fourth-order valence-corrected chi connectivity index (χ4v) is 3.42. The lowest BCUT2D eigenvalue weighted by Gasteiger charge is -2.23. The molecule has 0 saturated carbocycles. The van der Waals surface area contributed by atoms with Gasteiger partial charge in [-0.1, -0.05) is 50.1 Å². The van der Waals surface area contributed by atoms with Crippen LogP contribution in [0, 0.1) is 5.92 Å². The van der Waals surface area contributed by atoms with E-state index in [9.17, 15) is 9.59 Å². The molecule has 0 unspecified atom stereocenters. The number of rotatable bonds is 8. The number of carbonyl (C=O) groups excluding carboxylic acids is 2. The summed E-state index contributed by atoms with van der Waals surface area (Å²) in [5, 5.41) is 6.07. The third kappa shape index (κ3) is 5.10. The number of halogens is 1. The zero-order chi connectivity index (χ0) is 21.7. The van der Waals surface area contributed by atoms with Crippen LogP contribution in [0.3, 0.4) is 0 Å². The molecule has 3 aromatic rings. The van der Waals surface area contributed by atoms with Gasteiger partial charge >= 0.3 is 0 Å². The minimum absolute atomic E-state index is 0.0576. The maximum absolute atomic E-state index is 12.9. The second-order valence-electron chi connectivity index (χ2n) is 7.17. The van der Waals surface area contributed by atoms with Crippen LogP contribution in [-0.2, 0) is 16.0 Å². The normalized spacial score (nSPS) is 12.9. The van der Waals surface area contributed by atoms with Gasteiger partial charge in [0.2, 0.25) is 17.8 Å². The Morgan fingerprint density at radius 1 is 1.23 bits per heavy atom. The molecule has 0 aliphatic carbocycles. The number of hydrogen-bond acceptors (Lipinski definition) is 4. The van der Waals surface area contributed by atoms with E-state index in [1.165, 1.54) is 7.11 Å². The van der Waals surface area contributed by atoms with Crippen molar-refractivity contribution < 1.29 is 14.3 Å². The van der Waals surface area contributed by atoms with Crippen molar-refractivity contribution in [1.82, 2.24) is 15.3 Å². The maximum atomic E-state index is 12.9. The van der Waals surface area contributed by atoms with E-state index in [1.54, 1.807) is 18.2 Å². The Balaban J connectivity index is 1.69. The summed E-state index contributed by atoms with van der Waals surface area (Å²) in [7, 11) is 1.53. The number of benzene rings is 2. The van der Waals surface area contributed by atoms with Gasteiger partial charge in [-0.15, -0.1) is 0 Å². The van der Waals surface area contributed by atoms with E-state index in [-0.39, 0.29) is 24.2 Å². The molecular weight excluding hydrogens is 404 g/mol. The number of H-pyrrole nitrogens is 1. The van der Waals surface area contributed by atoms with Crippen LogP contribution in [0.2, 0.25) is 5.02 Å². The first-order valence-corrected chi connectivity index (χ1v) is 10.2. The van der Waals surface area contributed by atoms with Crippen molar-refractivity contribution in [2.24, 2.45) is 5.92 Å². The van der Waals surface area contributed by atoms with Gasteiger partial charge in [0.25, 0.3) is 0 Å². The number of anilines is 1. The van der Waals surface area contributed by atoms with Gasteiger partial charge in [-0.05, 0) is 35.7 Å². The predicted molar refractivity (Wildman–Crippen MR) is 118 cm³/mol. The van der Waals surface area contributed by atoms with Gasteiger partial charge in [0.15, 0.2) is 0 Å². The number of para-hydroxylation sites is 2. The SMILES string of the molecule is CC[C@@H](C)[C@@H](NC(=O)Cc1ccc(OC)c(Cl)c1)C(=O)Nc1nc2ccccc2[nH]1. The highest BCUT2D eigenvalue weighted by atomic mass is 35.5. The topological polar surface area (TPSA) is 96.1 Å². The van der Waals surface area contributed by atoms with Crippen LogP contribution in [0.1, 0.15) is 25.8 Å². The lowest BCUT2D eigenvalue weighted by molar-refractivity contribution is -0.127. The summed E-state index contributed by atoms with van der Waals surface area (Å²) in [5.74, 6) is 0.262. The van der Waals surface area contributed by atoms with Crippen LogP contribution in [0.25, 0.3) is 11.0 Å². The molecule has 8 heteroatoms. The van der Waals surface area contributed by atoms with Crippen molar-refractivity contribution in [3.8, 4) is 5.75 Å². The van der Waals surface area contributed by atoms with Gasteiger partial charge in [-0.2, -0.15) is 0 Å². The Hall–Kier alpha value is -3.06. The van der Waals surface area contributed by atoms with E-state index in [2.05, 4.69) is 20.6 Å². The Kier molecular flexibility index (Phi) is 6.95. The summed E-state index contributed by atoms with van der Waals surface area (Å²) in [6.07, 6.45) is 0.835. The molecule has 2 amide bonds. The highest BCUT2D eigenvalue weighted by molar-refractivity contribution is 6.32. The van der Waals surface area contributed by atoms with E-state index in [4.69, 9.17) is 16.3 Å². The molecule has 0 aliphatic rings. The Morgan fingerprint density at radius 3 is 2.67 bits per heavy atom. The molecule has 0 aliphatic heterocycles. The van der Waals surface area contributed by atoms with Gasteiger partial charge in [0, 0.05) is 0 Å². The molecule has 2 aromatic carbocycles. The summed E-state index contributed by atoms with van der Waals surface area (Å²) in [4.78, 5) is 32.9. The van der Waals surface area contributed by atoms with Gasteiger partial charge < -0.3 is 15.0 Å².